The van der Waals surface area contributed by atoms with Gasteiger partial charge in [0, 0.05) is 0 Å². The van der Waals surface area contributed by atoms with Crippen LogP contribution in [0.4, 0.5) is 0 Å². The Morgan fingerprint density at radius 2 is 1.95 bits per heavy atom. The zero-order valence-corrected chi connectivity index (χ0v) is 10.9. The molecule has 0 aliphatic carbocycles. The van der Waals surface area contributed by atoms with Gasteiger partial charge in [-0.1, -0.05) is 6.58 Å². The van der Waals surface area contributed by atoms with Crippen LogP contribution in [0, 0.1) is 0 Å². The Morgan fingerprint density at radius 1 is 1.37 bits per heavy atom. The first-order chi connectivity index (χ1) is 9.02. The maximum absolute atomic E-state index is 10.4. The van der Waals surface area contributed by atoms with Crippen molar-refractivity contribution in [1.29, 1.82) is 0 Å². The molecule has 6 nitrogen and oxygen atoms in total. The summed E-state index contributed by atoms with van der Waals surface area (Å²) in [6, 6.07) is 7.12. The van der Waals surface area contributed by atoms with E-state index in [4.69, 9.17) is 19.4 Å². The quantitative estimate of drug-likeness (QED) is 0.550. The molecule has 2 N–H and O–H groups in total. The largest absolute Gasteiger partial charge is 0.497 e. The van der Waals surface area contributed by atoms with E-state index in [2.05, 4.69) is 12.1 Å². The van der Waals surface area contributed by atoms with E-state index in [9.17, 15) is 4.79 Å². The molecule has 1 atom stereocenters. The number of hydrogen-bond acceptors (Lipinski definition) is 5. The highest BCUT2D eigenvalue weighted by Crippen LogP contribution is 2.18. The lowest BCUT2D eigenvalue weighted by molar-refractivity contribution is -0.135. The first-order valence-electron chi connectivity index (χ1n) is 5.63. The van der Waals surface area contributed by atoms with Crippen LogP contribution in [0.3, 0.4) is 0 Å². The van der Waals surface area contributed by atoms with Gasteiger partial charge in [-0.2, -0.15) is 0 Å². The maximum Gasteiger partial charge on any atom is 0.353 e. The van der Waals surface area contributed by atoms with Crippen LogP contribution >= 0.6 is 0 Å². The van der Waals surface area contributed by atoms with Crippen molar-refractivity contribution in [2.24, 2.45) is 0 Å². The topological polar surface area (TPSA) is 77.0 Å². The zero-order chi connectivity index (χ0) is 14.3. The van der Waals surface area contributed by atoms with E-state index >= 15 is 0 Å². The van der Waals surface area contributed by atoms with E-state index in [-0.39, 0.29) is 18.4 Å². The molecule has 6 heteroatoms. The van der Waals surface area contributed by atoms with Gasteiger partial charge in [0.2, 0.25) is 0 Å². The van der Waals surface area contributed by atoms with Crippen LogP contribution in [0.1, 0.15) is 6.92 Å². The number of carboxylic acid groups (broad SMARTS) is 1. The second kappa shape index (κ2) is 7.27. The molecule has 0 fully saturated rings. The first kappa shape index (κ1) is 14.8. The minimum atomic E-state index is -1.16. The molecule has 1 unspecified atom stereocenters. The number of hydrogen-bond donors (Lipinski definition) is 2. The van der Waals surface area contributed by atoms with E-state index in [0.29, 0.717) is 5.75 Å². The SMILES string of the molecule is C=C(NOCC(C)Oc1ccc(OC)cc1)C(=O)O. The van der Waals surface area contributed by atoms with Gasteiger partial charge in [0.25, 0.3) is 0 Å². The van der Waals surface area contributed by atoms with Gasteiger partial charge in [0.15, 0.2) is 0 Å². The van der Waals surface area contributed by atoms with Crippen LogP contribution in [0.5, 0.6) is 11.5 Å². The second-order valence-electron chi connectivity index (χ2n) is 3.80. The summed E-state index contributed by atoms with van der Waals surface area (Å²) in [7, 11) is 1.59. The third-order valence-corrected chi connectivity index (χ3v) is 2.17. The lowest BCUT2D eigenvalue weighted by atomic mass is 10.3. The number of nitrogens with one attached hydrogen (secondary N) is 1. The van der Waals surface area contributed by atoms with Gasteiger partial charge >= 0.3 is 5.97 Å². The van der Waals surface area contributed by atoms with Crippen molar-refractivity contribution in [3.05, 3.63) is 36.5 Å². The van der Waals surface area contributed by atoms with E-state index < -0.39 is 5.97 Å². The lowest BCUT2D eigenvalue weighted by Gasteiger charge is -2.15. The molecule has 0 aromatic heterocycles. The van der Waals surface area contributed by atoms with Crippen LogP contribution < -0.4 is 15.0 Å². The van der Waals surface area contributed by atoms with Crippen molar-refractivity contribution in [1.82, 2.24) is 5.48 Å². The fourth-order valence-electron chi connectivity index (χ4n) is 1.21. The number of rotatable bonds is 8. The van der Waals surface area contributed by atoms with Crippen molar-refractivity contribution in [2.45, 2.75) is 13.0 Å². The van der Waals surface area contributed by atoms with Gasteiger partial charge in [-0.25, -0.2) is 4.79 Å². The molecule has 104 valence electrons. The number of aliphatic carboxylic acids is 1. The normalized spacial score (nSPS) is 11.5. The van der Waals surface area contributed by atoms with Gasteiger partial charge in [-0.15, -0.1) is 0 Å². The molecule has 0 saturated carbocycles. The highest BCUT2D eigenvalue weighted by Gasteiger charge is 2.07. The Bertz CT molecular complexity index is 429. The molecule has 1 aromatic rings. The minimum Gasteiger partial charge on any atom is -0.497 e. The molecule has 0 aliphatic rings. The summed E-state index contributed by atoms with van der Waals surface area (Å²) >= 11 is 0. The van der Waals surface area contributed by atoms with E-state index in [1.54, 1.807) is 38.3 Å². The van der Waals surface area contributed by atoms with Gasteiger partial charge < -0.3 is 14.6 Å². The smallest absolute Gasteiger partial charge is 0.353 e. The second-order valence-corrected chi connectivity index (χ2v) is 3.80. The molecule has 0 amide bonds. The Balaban J connectivity index is 2.32. The molecule has 0 heterocycles. The molecular weight excluding hydrogens is 250 g/mol. The molecule has 19 heavy (non-hydrogen) atoms. The summed E-state index contributed by atoms with van der Waals surface area (Å²) < 4.78 is 10.6. The Labute approximate surface area is 111 Å². The van der Waals surface area contributed by atoms with Gasteiger partial charge in [0.05, 0.1) is 7.11 Å². The standard InChI is InChI=1S/C13H17NO5/c1-9(8-18-14-10(2)13(15)16)19-12-6-4-11(17-3)5-7-12/h4-7,9,14H,2,8H2,1,3H3,(H,15,16). The fraction of sp³-hybridized carbons (Fsp3) is 0.308. The lowest BCUT2D eigenvalue weighted by Crippen LogP contribution is -2.27. The maximum atomic E-state index is 10.4. The summed E-state index contributed by atoms with van der Waals surface area (Å²) in [6.45, 7) is 5.24. The molecular formula is C13H17NO5. The van der Waals surface area contributed by atoms with Crippen molar-refractivity contribution in [3.63, 3.8) is 0 Å². The predicted octanol–water partition coefficient (Wildman–Crippen LogP) is 1.58. The number of hydroxylamine groups is 1. The van der Waals surface area contributed by atoms with E-state index in [0.717, 1.165) is 5.75 Å². The van der Waals surface area contributed by atoms with E-state index in [1.165, 1.54) is 0 Å². The Hall–Kier alpha value is -2.21. The van der Waals surface area contributed by atoms with Crippen LogP contribution in [-0.4, -0.2) is 30.9 Å². The predicted molar refractivity (Wildman–Crippen MR) is 68.9 cm³/mol. The average molecular weight is 267 g/mol. The number of carboxylic acids is 1. The third-order valence-electron chi connectivity index (χ3n) is 2.17. The van der Waals surface area contributed by atoms with Crippen molar-refractivity contribution >= 4 is 5.97 Å². The molecule has 0 radical (unpaired) electrons. The minimum absolute atomic E-state index is 0.179. The summed E-state index contributed by atoms with van der Waals surface area (Å²) in [5.74, 6) is 0.258. The monoisotopic (exact) mass is 267 g/mol. The fourth-order valence-corrected chi connectivity index (χ4v) is 1.21. The Kier molecular flexibility index (Phi) is 5.69. The number of methoxy groups -OCH3 is 1. The molecule has 1 rings (SSSR count). The zero-order valence-electron chi connectivity index (χ0n) is 10.9. The van der Waals surface area contributed by atoms with Crippen molar-refractivity contribution in [2.75, 3.05) is 13.7 Å². The highest BCUT2D eigenvalue weighted by molar-refractivity contribution is 5.84. The van der Waals surface area contributed by atoms with Gasteiger partial charge in [-0.05, 0) is 31.2 Å². The highest BCUT2D eigenvalue weighted by atomic mass is 16.7. The molecule has 0 bridgehead atoms. The Morgan fingerprint density at radius 3 is 2.47 bits per heavy atom. The van der Waals surface area contributed by atoms with Crippen LogP contribution in [0.2, 0.25) is 0 Å². The van der Waals surface area contributed by atoms with Crippen LogP contribution in [0.25, 0.3) is 0 Å². The van der Waals surface area contributed by atoms with Crippen molar-refractivity contribution < 1.29 is 24.2 Å². The van der Waals surface area contributed by atoms with Crippen molar-refractivity contribution in [3.8, 4) is 11.5 Å². The summed E-state index contributed by atoms with van der Waals surface area (Å²) in [5.41, 5.74) is 2.00. The van der Waals surface area contributed by atoms with Crippen LogP contribution in [-0.2, 0) is 9.63 Å². The van der Waals surface area contributed by atoms with Crippen LogP contribution in [0.15, 0.2) is 36.5 Å². The number of benzene rings is 1. The van der Waals surface area contributed by atoms with Gasteiger partial charge in [-0.3, -0.25) is 10.3 Å². The summed E-state index contributed by atoms with van der Waals surface area (Å²) in [4.78, 5) is 15.4. The molecule has 0 saturated heterocycles. The number of carbonyl (C=O) groups is 1. The summed E-state index contributed by atoms with van der Waals surface area (Å²) in [6.07, 6.45) is -0.248. The van der Waals surface area contributed by atoms with E-state index in [1.807, 2.05) is 0 Å². The molecule has 0 spiro atoms. The van der Waals surface area contributed by atoms with Gasteiger partial charge in [0.1, 0.15) is 29.9 Å². The number of ether oxygens (including phenoxy) is 2. The third kappa shape index (κ3) is 5.31. The first-order valence-corrected chi connectivity index (χ1v) is 5.63. The average Bonchev–Trinajstić information content (AvgIpc) is 2.39. The molecule has 0 aliphatic heterocycles. The molecule has 1 aromatic carbocycles. The summed E-state index contributed by atoms with van der Waals surface area (Å²) in [5, 5.41) is 8.55.